The van der Waals surface area contributed by atoms with Gasteiger partial charge < -0.3 is 4.74 Å². The summed E-state index contributed by atoms with van der Waals surface area (Å²) in [4.78, 5) is 18.5. The first kappa shape index (κ1) is 24.4. The van der Waals surface area contributed by atoms with E-state index < -0.39 is 17.6 Å². The number of aromatic nitrogens is 1. The van der Waals surface area contributed by atoms with Gasteiger partial charge in [-0.3, -0.25) is 14.4 Å². The second-order valence-corrected chi connectivity index (χ2v) is 10.6. The van der Waals surface area contributed by atoms with E-state index in [1.165, 1.54) is 24.1 Å². The number of nitrogens with zero attached hydrogens (tertiary/aromatic N) is 2. The van der Waals surface area contributed by atoms with Gasteiger partial charge in [0.05, 0.1) is 11.1 Å². The van der Waals surface area contributed by atoms with E-state index in [1.807, 2.05) is 0 Å². The number of carbonyl (C=O) groups is 1. The second-order valence-electron chi connectivity index (χ2n) is 9.53. The minimum Gasteiger partial charge on any atom is -0.474 e. The largest absolute Gasteiger partial charge is 0.474 e. The summed E-state index contributed by atoms with van der Waals surface area (Å²) in [6.45, 7) is 2.03. The van der Waals surface area contributed by atoms with E-state index in [0.29, 0.717) is 30.6 Å². The summed E-state index contributed by atoms with van der Waals surface area (Å²) >= 11 is 1.38. The summed E-state index contributed by atoms with van der Waals surface area (Å²) in [5, 5.41) is 0.450. The van der Waals surface area contributed by atoms with Crippen molar-refractivity contribution in [3.63, 3.8) is 0 Å². The number of ether oxygens (including phenoxy) is 1. The Balaban J connectivity index is 1.18. The third kappa shape index (κ3) is 6.27. The van der Waals surface area contributed by atoms with Crippen LogP contribution < -0.4 is 9.46 Å². The Morgan fingerprint density at radius 1 is 1.11 bits per heavy atom. The molecular formula is C25H27F4N3O2S. The third-order valence-electron chi connectivity index (χ3n) is 6.61. The summed E-state index contributed by atoms with van der Waals surface area (Å²) in [7, 11) is 0. The van der Waals surface area contributed by atoms with Crippen LogP contribution in [0.5, 0.6) is 5.88 Å². The number of pyridine rings is 1. The highest BCUT2D eigenvalue weighted by Crippen LogP contribution is 2.43. The molecule has 1 amide bonds. The van der Waals surface area contributed by atoms with E-state index in [4.69, 9.17) is 4.74 Å². The zero-order valence-corrected chi connectivity index (χ0v) is 19.9. The summed E-state index contributed by atoms with van der Waals surface area (Å²) in [5.74, 6) is -0.310. The molecule has 2 heterocycles. The maximum Gasteiger partial charge on any atom is 0.417 e. The number of rotatable bonds is 8. The van der Waals surface area contributed by atoms with Crippen molar-refractivity contribution in [2.45, 2.75) is 68.5 Å². The van der Waals surface area contributed by atoms with Crippen molar-refractivity contribution in [1.29, 1.82) is 0 Å². The molecule has 3 fully saturated rings. The van der Waals surface area contributed by atoms with Gasteiger partial charge in [-0.15, -0.1) is 0 Å². The SMILES string of the molecule is O=C(NSC1CC1)c1cc(C2CC2)c(CN2CCC(Oc3ccc(C(F)(F)F)cn3)CC2)cc1F. The molecule has 1 aromatic heterocycles. The second kappa shape index (κ2) is 9.97. The number of likely N-dealkylation sites (tertiary alicyclic amines) is 1. The standard InChI is InChI=1S/C25H27F4N3O2S/c26-22-11-16(20(15-1-2-15)12-21(22)24(33)31-35-19-4-5-19)14-32-9-7-18(8-10-32)34-23-6-3-17(13-30-23)25(27,28)29/h3,6,11-13,15,18-19H,1-2,4-5,7-10,14H2,(H,31,33). The Kier molecular flexibility index (Phi) is 6.94. The lowest BCUT2D eigenvalue weighted by molar-refractivity contribution is -0.137. The molecule has 3 aliphatic rings. The van der Waals surface area contributed by atoms with Gasteiger partial charge in [-0.25, -0.2) is 9.37 Å². The van der Waals surface area contributed by atoms with Crippen molar-refractivity contribution in [2.75, 3.05) is 13.1 Å². The van der Waals surface area contributed by atoms with Crippen molar-refractivity contribution in [3.8, 4) is 5.88 Å². The summed E-state index contributed by atoms with van der Waals surface area (Å²) in [5.41, 5.74) is 1.28. The number of nitrogens with one attached hydrogen (secondary N) is 1. The lowest BCUT2D eigenvalue weighted by Crippen LogP contribution is -2.38. The Labute approximate surface area is 205 Å². The van der Waals surface area contributed by atoms with Crippen LogP contribution in [0, 0.1) is 5.82 Å². The number of benzene rings is 1. The van der Waals surface area contributed by atoms with E-state index in [2.05, 4.69) is 14.6 Å². The van der Waals surface area contributed by atoms with Gasteiger partial charge in [-0.1, -0.05) is 0 Å². The van der Waals surface area contributed by atoms with E-state index in [1.54, 1.807) is 6.07 Å². The first-order valence-corrected chi connectivity index (χ1v) is 12.8. The molecule has 10 heteroatoms. The highest BCUT2D eigenvalue weighted by molar-refractivity contribution is 7.98. The molecule has 0 spiro atoms. The number of hydrogen-bond acceptors (Lipinski definition) is 5. The van der Waals surface area contributed by atoms with Crippen LogP contribution in [-0.2, 0) is 12.7 Å². The normalized spacial score (nSPS) is 19.5. The van der Waals surface area contributed by atoms with Crippen molar-refractivity contribution < 1.29 is 27.1 Å². The Morgan fingerprint density at radius 3 is 2.46 bits per heavy atom. The first-order valence-electron chi connectivity index (χ1n) is 12.0. The van der Waals surface area contributed by atoms with Crippen LogP contribution in [0.4, 0.5) is 17.6 Å². The zero-order chi connectivity index (χ0) is 24.6. The molecule has 0 radical (unpaired) electrons. The van der Waals surface area contributed by atoms with Gasteiger partial charge in [0, 0.05) is 37.1 Å². The molecule has 1 aliphatic heterocycles. The summed E-state index contributed by atoms with van der Waals surface area (Å²) in [6, 6.07) is 5.47. The van der Waals surface area contributed by atoms with Gasteiger partial charge in [-0.05, 0) is 85.7 Å². The molecule has 2 aliphatic carbocycles. The average Bonchev–Trinajstić information content (AvgIpc) is 3.73. The monoisotopic (exact) mass is 509 g/mol. The van der Waals surface area contributed by atoms with Crippen molar-refractivity contribution in [2.24, 2.45) is 0 Å². The maximum atomic E-state index is 14.9. The van der Waals surface area contributed by atoms with Gasteiger partial charge in [-0.2, -0.15) is 13.2 Å². The van der Waals surface area contributed by atoms with Crippen LogP contribution in [0.2, 0.25) is 0 Å². The van der Waals surface area contributed by atoms with Gasteiger partial charge in [0.1, 0.15) is 11.9 Å². The van der Waals surface area contributed by atoms with Gasteiger partial charge in [0.15, 0.2) is 0 Å². The first-order chi connectivity index (χ1) is 16.8. The molecule has 5 rings (SSSR count). The molecule has 2 aromatic rings. The minimum atomic E-state index is -4.42. The summed E-state index contributed by atoms with van der Waals surface area (Å²) < 4.78 is 61.6. The maximum absolute atomic E-state index is 14.9. The molecular weight excluding hydrogens is 482 g/mol. The summed E-state index contributed by atoms with van der Waals surface area (Å²) in [6.07, 6.45) is 1.89. The van der Waals surface area contributed by atoms with E-state index >= 15 is 0 Å². The number of hydrogen-bond donors (Lipinski definition) is 1. The van der Waals surface area contributed by atoms with Crippen LogP contribution in [0.25, 0.3) is 0 Å². The van der Waals surface area contributed by atoms with Gasteiger partial charge in [0.25, 0.3) is 5.91 Å². The number of amides is 1. The zero-order valence-electron chi connectivity index (χ0n) is 19.1. The topological polar surface area (TPSA) is 54.5 Å². The lowest BCUT2D eigenvalue weighted by atomic mass is 9.97. The van der Waals surface area contributed by atoms with Crippen LogP contribution in [-0.4, -0.2) is 40.2 Å². The fraction of sp³-hybridized carbons (Fsp3) is 0.520. The molecule has 0 bridgehead atoms. The van der Waals surface area contributed by atoms with E-state index in [-0.39, 0.29) is 23.5 Å². The minimum absolute atomic E-state index is 0.111. The Hall–Kier alpha value is -2.33. The number of halogens is 4. The van der Waals surface area contributed by atoms with Crippen LogP contribution in [0.15, 0.2) is 30.5 Å². The lowest BCUT2D eigenvalue weighted by Gasteiger charge is -2.32. The fourth-order valence-corrected chi connectivity index (χ4v) is 5.06. The average molecular weight is 510 g/mol. The number of piperidine rings is 1. The van der Waals surface area contributed by atoms with Gasteiger partial charge in [0.2, 0.25) is 5.88 Å². The van der Waals surface area contributed by atoms with E-state index in [0.717, 1.165) is 62.2 Å². The molecule has 1 aromatic carbocycles. The Morgan fingerprint density at radius 2 is 1.86 bits per heavy atom. The molecule has 0 atom stereocenters. The highest BCUT2D eigenvalue weighted by atomic mass is 32.2. The highest BCUT2D eigenvalue weighted by Gasteiger charge is 2.32. The number of carbonyl (C=O) groups excluding carboxylic acids is 1. The van der Waals surface area contributed by atoms with Crippen molar-refractivity contribution in [1.82, 2.24) is 14.6 Å². The fourth-order valence-electron chi connectivity index (χ4n) is 4.31. The molecule has 2 saturated carbocycles. The predicted molar refractivity (Wildman–Crippen MR) is 125 cm³/mol. The molecule has 1 N–H and O–H groups in total. The van der Waals surface area contributed by atoms with Crippen LogP contribution in [0.1, 0.15) is 71.5 Å². The predicted octanol–water partition coefficient (Wildman–Crippen LogP) is 5.70. The van der Waals surface area contributed by atoms with Crippen LogP contribution in [0.3, 0.4) is 0 Å². The van der Waals surface area contributed by atoms with Crippen molar-refractivity contribution in [3.05, 3.63) is 58.5 Å². The molecule has 188 valence electrons. The Bertz CT molecular complexity index is 1060. The quantitative estimate of drug-likeness (QED) is 0.366. The van der Waals surface area contributed by atoms with E-state index in [9.17, 15) is 22.4 Å². The number of alkyl halides is 3. The van der Waals surface area contributed by atoms with Crippen molar-refractivity contribution >= 4 is 17.9 Å². The molecule has 1 saturated heterocycles. The van der Waals surface area contributed by atoms with Crippen LogP contribution >= 0.6 is 11.9 Å². The molecule has 0 unspecified atom stereocenters. The smallest absolute Gasteiger partial charge is 0.417 e. The van der Waals surface area contributed by atoms with Gasteiger partial charge >= 0.3 is 6.18 Å². The molecule has 5 nitrogen and oxygen atoms in total. The third-order valence-corrected chi connectivity index (χ3v) is 7.72. The molecule has 35 heavy (non-hydrogen) atoms.